The highest BCUT2D eigenvalue weighted by Gasteiger charge is 2.10. The Hall–Kier alpha value is -2.06. The summed E-state index contributed by atoms with van der Waals surface area (Å²) in [6, 6.07) is 4.97. The standard InChI is InChI=1S/C15H16ClN5O2S/c1-2-3-6-21-14(23)19-20-15(21)24-8-12-17-11-7-9(16)4-5-10(11)13(22)18-12/h4-5,7H,2-3,6,8H2,1H3,(H,19,23)(H,17,18,22). The van der Waals surface area contributed by atoms with Crippen LogP contribution in [0, 0.1) is 0 Å². The van der Waals surface area contributed by atoms with Crippen LogP contribution < -0.4 is 11.2 Å². The van der Waals surface area contributed by atoms with Gasteiger partial charge >= 0.3 is 5.69 Å². The number of aromatic nitrogens is 5. The van der Waals surface area contributed by atoms with Crippen LogP contribution in [0.25, 0.3) is 10.9 Å². The van der Waals surface area contributed by atoms with Gasteiger partial charge in [0.15, 0.2) is 5.16 Å². The van der Waals surface area contributed by atoms with Crippen molar-refractivity contribution >= 4 is 34.3 Å². The SMILES string of the molecule is CCCCn1c(SCc2nc3cc(Cl)ccc3c(=O)[nH]2)n[nH]c1=O. The molecule has 1 aromatic carbocycles. The zero-order chi connectivity index (χ0) is 17.1. The van der Waals surface area contributed by atoms with Gasteiger partial charge in [0.2, 0.25) is 0 Å². The highest BCUT2D eigenvalue weighted by Crippen LogP contribution is 2.19. The van der Waals surface area contributed by atoms with E-state index in [4.69, 9.17) is 11.6 Å². The number of halogens is 1. The number of rotatable bonds is 6. The third-order valence-electron chi connectivity index (χ3n) is 3.51. The Morgan fingerprint density at radius 2 is 2.17 bits per heavy atom. The number of unbranched alkanes of at least 4 members (excludes halogenated alkanes) is 1. The maximum atomic E-state index is 12.1. The monoisotopic (exact) mass is 365 g/mol. The molecule has 24 heavy (non-hydrogen) atoms. The molecule has 2 N–H and O–H groups in total. The van der Waals surface area contributed by atoms with Crippen molar-refractivity contribution in [2.24, 2.45) is 0 Å². The maximum absolute atomic E-state index is 12.1. The predicted octanol–water partition coefficient (Wildman–Crippen LogP) is 2.55. The van der Waals surface area contributed by atoms with Gasteiger partial charge < -0.3 is 4.98 Å². The highest BCUT2D eigenvalue weighted by atomic mass is 35.5. The summed E-state index contributed by atoms with van der Waals surface area (Å²) >= 11 is 7.31. The van der Waals surface area contributed by atoms with Gasteiger partial charge in [0.05, 0.1) is 16.7 Å². The number of H-pyrrole nitrogens is 2. The number of nitrogens with zero attached hydrogens (tertiary/aromatic N) is 3. The molecule has 0 radical (unpaired) electrons. The highest BCUT2D eigenvalue weighted by molar-refractivity contribution is 7.98. The molecule has 0 spiro atoms. The largest absolute Gasteiger partial charge is 0.343 e. The number of hydrogen-bond donors (Lipinski definition) is 2. The summed E-state index contributed by atoms with van der Waals surface area (Å²) in [5.41, 5.74) is 0.114. The summed E-state index contributed by atoms with van der Waals surface area (Å²) in [5.74, 6) is 0.908. The molecule has 0 atom stereocenters. The zero-order valence-corrected chi connectivity index (χ0v) is 14.6. The first-order valence-electron chi connectivity index (χ1n) is 7.55. The van der Waals surface area contributed by atoms with Crippen molar-refractivity contribution in [3.63, 3.8) is 0 Å². The zero-order valence-electron chi connectivity index (χ0n) is 13.0. The van der Waals surface area contributed by atoms with E-state index in [2.05, 4.69) is 27.1 Å². The lowest BCUT2D eigenvalue weighted by Gasteiger charge is -2.05. The van der Waals surface area contributed by atoms with Gasteiger partial charge in [-0.2, -0.15) is 0 Å². The fourth-order valence-electron chi connectivity index (χ4n) is 2.29. The van der Waals surface area contributed by atoms with E-state index in [1.807, 2.05) is 0 Å². The first-order valence-corrected chi connectivity index (χ1v) is 8.91. The lowest BCUT2D eigenvalue weighted by molar-refractivity contribution is 0.573. The summed E-state index contributed by atoms with van der Waals surface area (Å²) in [5, 5.41) is 8.09. The molecule has 2 heterocycles. The molecule has 0 aliphatic carbocycles. The molecule has 0 bridgehead atoms. The quantitative estimate of drug-likeness (QED) is 0.654. The molecule has 0 amide bonds. The Morgan fingerprint density at radius 3 is 2.96 bits per heavy atom. The predicted molar refractivity (Wildman–Crippen MR) is 94.7 cm³/mol. The molecule has 0 fully saturated rings. The third kappa shape index (κ3) is 3.54. The number of fused-ring (bicyclic) bond motifs is 1. The van der Waals surface area contributed by atoms with Crippen molar-refractivity contribution < 1.29 is 0 Å². The van der Waals surface area contributed by atoms with Crippen molar-refractivity contribution in [3.05, 3.63) is 49.9 Å². The molecule has 2 aromatic heterocycles. The minimum atomic E-state index is -0.224. The summed E-state index contributed by atoms with van der Waals surface area (Å²) < 4.78 is 1.60. The maximum Gasteiger partial charge on any atom is 0.343 e. The molecule has 0 aliphatic heterocycles. The second-order valence-electron chi connectivity index (χ2n) is 5.28. The lowest BCUT2D eigenvalue weighted by atomic mass is 10.2. The topological polar surface area (TPSA) is 96.4 Å². The van der Waals surface area contributed by atoms with E-state index >= 15 is 0 Å². The molecular weight excluding hydrogens is 350 g/mol. The smallest absolute Gasteiger partial charge is 0.309 e. The lowest BCUT2D eigenvalue weighted by Crippen LogP contribution is -2.17. The summed E-state index contributed by atoms with van der Waals surface area (Å²) in [7, 11) is 0. The number of nitrogens with one attached hydrogen (secondary N) is 2. The average Bonchev–Trinajstić information content (AvgIpc) is 2.90. The van der Waals surface area contributed by atoms with Crippen LogP contribution in [0.15, 0.2) is 32.9 Å². The first-order chi connectivity index (χ1) is 11.6. The van der Waals surface area contributed by atoms with E-state index in [9.17, 15) is 9.59 Å². The van der Waals surface area contributed by atoms with Crippen molar-refractivity contribution in [3.8, 4) is 0 Å². The Bertz CT molecular complexity index is 978. The van der Waals surface area contributed by atoms with E-state index in [-0.39, 0.29) is 11.2 Å². The Labute approximate surface area is 146 Å². The Morgan fingerprint density at radius 1 is 1.33 bits per heavy atom. The molecule has 0 aliphatic rings. The van der Waals surface area contributed by atoms with Gasteiger partial charge in [-0.25, -0.2) is 14.9 Å². The van der Waals surface area contributed by atoms with E-state index in [0.29, 0.717) is 39.2 Å². The number of hydrogen-bond acceptors (Lipinski definition) is 5. The average molecular weight is 366 g/mol. The Kier molecular flexibility index (Phi) is 5.06. The van der Waals surface area contributed by atoms with E-state index in [1.54, 1.807) is 22.8 Å². The van der Waals surface area contributed by atoms with Gasteiger partial charge in [-0.05, 0) is 24.6 Å². The molecule has 126 valence electrons. The fraction of sp³-hybridized carbons (Fsp3) is 0.333. The van der Waals surface area contributed by atoms with Gasteiger partial charge in [0.25, 0.3) is 5.56 Å². The van der Waals surface area contributed by atoms with Gasteiger partial charge in [-0.3, -0.25) is 9.36 Å². The second kappa shape index (κ2) is 7.23. The minimum absolute atomic E-state index is 0.210. The van der Waals surface area contributed by atoms with Gasteiger partial charge in [-0.15, -0.1) is 5.10 Å². The van der Waals surface area contributed by atoms with E-state index in [1.165, 1.54) is 11.8 Å². The molecular formula is C15H16ClN5O2S. The van der Waals surface area contributed by atoms with E-state index < -0.39 is 0 Å². The fourth-order valence-corrected chi connectivity index (χ4v) is 3.30. The second-order valence-corrected chi connectivity index (χ2v) is 6.66. The van der Waals surface area contributed by atoms with Crippen LogP contribution in [0.4, 0.5) is 0 Å². The van der Waals surface area contributed by atoms with Crippen molar-refractivity contribution in [2.45, 2.75) is 37.2 Å². The molecule has 7 nitrogen and oxygen atoms in total. The Balaban J connectivity index is 1.84. The van der Waals surface area contributed by atoms with Crippen molar-refractivity contribution in [1.29, 1.82) is 0 Å². The van der Waals surface area contributed by atoms with Crippen molar-refractivity contribution in [2.75, 3.05) is 0 Å². The summed E-state index contributed by atoms with van der Waals surface area (Å²) in [6.07, 6.45) is 1.89. The molecule has 0 saturated heterocycles. The number of aromatic amines is 2. The first kappa shape index (κ1) is 16.8. The molecule has 9 heteroatoms. The molecule has 0 unspecified atom stereocenters. The van der Waals surface area contributed by atoms with Crippen molar-refractivity contribution in [1.82, 2.24) is 24.7 Å². The number of thioether (sulfide) groups is 1. The summed E-state index contributed by atoms with van der Waals surface area (Å²) in [4.78, 5) is 31.1. The van der Waals surface area contributed by atoms with Crippen LogP contribution in [0.3, 0.4) is 0 Å². The molecule has 3 aromatic rings. The molecule has 3 rings (SSSR count). The van der Waals surface area contributed by atoms with Crippen LogP contribution in [-0.2, 0) is 12.3 Å². The van der Waals surface area contributed by atoms with Crippen LogP contribution in [0.1, 0.15) is 25.6 Å². The van der Waals surface area contributed by atoms with Crippen LogP contribution in [0.5, 0.6) is 0 Å². The van der Waals surface area contributed by atoms with Crippen LogP contribution >= 0.6 is 23.4 Å². The minimum Gasteiger partial charge on any atom is -0.309 e. The summed E-state index contributed by atoms with van der Waals surface area (Å²) in [6.45, 7) is 2.68. The normalized spacial score (nSPS) is 11.2. The number of benzene rings is 1. The van der Waals surface area contributed by atoms with Gasteiger partial charge in [0.1, 0.15) is 5.82 Å². The van der Waals surface area contributed by atoms with Gasteiger partial charge in [-0.1, -0.05) is 36.7 Å². The third-order valence-corrected chi connectivity index (χ3v) is 4.74. The van der Waals surface area contributed by atoms with E-state index in [0.717, 1.165) is 12.8 Å². The van der Waals surface area contributed by atoms with Crippen LogP contribution in [-0.4, -0.2) is 24.7 Å². The molecule has 0 saturated carbocycles. The van der Waals surface area contributed by atoms with Crippen LogP contribution in [0.2, 0.25) is 5.02 Å². The van der Waals surface area contributed by atoms with Gasteiger partial charge in [0, 0.05) is 11.6 Å².